The fraction of sp³-hybridized carbons (Fsp3) is 0.320. The molecule has 1 fully saturated rings. The third-order valence-corrected chi connectivity index (χ3v) is 6.42. The Kier molecular flexibility index (Phi) is 5.38. The Morgan fingerprint density at radius 3 is 2.56 bits per heavy atom. The zero-order chi connectivity index (χ0) is 22.9. The Labute approximate surface area is 198 Å². The molecule has 5 heterocycles. The molecule has 9 nitrogen and oxygen atoms in total. The summed E-state index contributed by atoms with van der Waals surface area (Å²) >= 11 is 0. The maximum Gasteiger partial charge on any atom is 0.246 e. The van der Waals surface area contributed by atoms with Crippen LogP contribution in [0.15, 0.2) is 49.1 Å². The minimum absolute atomic E-state index is 0.511. The molecule has 172 valence electrons. The lowest BCUT2D eigenvalue weighted by atomic mass is 10.0. The van der Waals surface area contributed by atoms with Gasteiger partial charge in [-0.2, -0.15) is 0 Å². The Morgan fingerprint density at radius 2 is 1.82 bits per heavy atom. The van der Waals surface area contributed by atoms with Crippen molar-refractivity contribution in [1.82, 2.24) is 34.9 Å². The van der Waals surface area contributed by atoms with Crippen molar-refractivity contribution in [3.8, 4) is 11.1 Å². The second-order valence-corrected chi connectivity index (χ2v) is 8.73. The first-order valence-corrected chi connectivity index (χ1v) is 11.8. The van der Waals surface area contributed by atoms with Crippen LogP contribution in [0.2, 0.25) is 0 Å². The van der Waals surface area contributed by atoms with Crippen molar-refractivity contribution in [2.24, 2.45) is 0 Å². The predicted octanol–water partition coefficient (Wildman–Crippen LogP) is 3.61. The van der Waals surface area contributed by atoms with E-state index < -0.39 is 0 Å². The van der Waals surface area contributed by atoms with Crippen LogP contribution in [0, 0.1) is 6.92 Å². The van der Waals surface area contributed by atoms with Gasteiger partial charge in [-0.05, 0) is 50.0 Å². The van der Waals surface area contributed by atoms with Gasteiger partial charge in [0.1, 0.15) is 11.6 Å². The van der Waals surface area contributed by atoms with Gasteiger partial charge in [-0.25, -0.2) is 24.5 Å². The lowest BCUT2D eigenvalue weighted by Gasteiger charge is -2.29. The number of aryl methyl sites for hydroxylation is 1. The average Bonchev–Trinajstić information content (AvgIpc) is 3.53. The molecule has 9 heteroatoms. The van der Waals surface area contributed by atoms with Gasteiger partial charge in [0.2, 0.25) is 5.95 Å². The van der Waals surface area contributed by atoms with Crippen LogP contribution in [-0.4, -0.2) is 55.7 Å². The van der Waals surface area contributed by atoms with E-state index >= 15 is 0 Å². The van der Waals surface area contributed by atoms with E-state index in [1.807, 2.05) is 42.3 Å². The fourth-order valence-electron chi connectivity index (χ4n) is 4.66. The summed E-state index contributed by atoms with van der Waals surface area (Å²) < 4.78 is 1.98. The molecule has 0 aromatic carbocycles. The summed E-state index contributed by atoms with van der Waals surface area (Å²) in [5.41, 5.74) is 6.53. The van der Waals surface area contributed by atoms with Crippen LogP contribution < -0.4 is 15.5 Å². The molecule has 34 heavy (non-hydrogen) atoms. The molecule has 6 rings (SSSR count). The fourth-order valence-corrected chi connectivity index (χ4v) is 4.66. The van der Waals surface area contributed by atoms with Crippen LogP contribution in [0.4, 0.5) is 17.5 Å². The third-order valence-electron chi connectivity index (χ3n) is 6.42. The third kappa shape index (κ3) is 3.99. The summed E-state index contributed by atoms with van der Waals surface area (Å²) in [6.45, 7) is 5.89. The number of allylic oxidation sites excluding steroid dienone is 2. The molecule has 1 saturated heterocycles. The highest BCUT2D eigenvalue weighted by molar-refractivity contribution is 5.84. The molecule has 4 aromatic rings. The Hall–Kier alpha value is -3.85. The van der Waals surface area contributed by atoms with Crippen molar-refractivity contribution >= 4 is 28.5 Å². The van der Waals surface area contributed by atoms with Crippen LogP contribution in [0.25, 0.3) is 22.2 Å². The normalized spacial score (nSPS) is 16.1. The van der Waals surface area contributed by atoms with Gasteiger partial charge in [0, 0.05) is 49.7 Å². The number of fused-ring (bicyclic) bond motifs is 1. The van der Waals surface area contributed by atoms with Gasteiger partial charge < -0.3 is 15.5 Å². The molecule has 0 unspecified atom stereocenters. The van der Waals surface area contributed by atoms with Gasteiger partial charge in [-0.1, -0.05) is 6.08 Å². The summed E-state index contributed by atoms with van der Waals surface area (Å²) in [6.07, 6.45) is 13.1. The molecule has 2 aliphatic rings. The molecule has 4 aromatic heterocycles. The molecule has 0 radical (unpaired) electrons. The number of anilines is 3. The van der Waals surface area contributed by atoms with Crippen molar-refractivity contribution in [1.29, 1.82) is 0 Å². The van der Waals surface area contributed by atoms with Crippen molar-refractivity contribution in [2.45, 2.75) is 26.2 Å². The van der Waals surface area contributed by atoms with E-state index in [4.69, 9.17) is 5.10 Å². The smallest absolute Gasteiger partial charge is 0.246 e. The minimum atomic E-state index is 0.511. The topological polar surface area (TPSA) is 96.2 Å². The highest BCUT2D eigenvalue weighted by atomic mass is 15.3. The zero-order valence-corrected chi connectivity index (χ0v) is 19.2. The average molecular weight is 454 g/mol. The minimum Gasteiger partial charge on any atom is -0.368 e. The lowest BCUT2D eigenvalue weighted by molar-refractivity contribution is 0.589. The van der Waals surface area contributed by atoms with Gasteiger partial charge in [0.05, 0.1) is 29.3 Å². The molecule has 2 N–H and O–H groups in total. The van der Waals surface area contributed by atoms with Gasteiger partial charge in [0.15, 0.2) is 0 Å². The van der Waals surface area contributed by atoms with Gasteiger partial charge in [0.25, 0.3) is 0 Å². The molecule has 0 atom stereocenters. The van der Waals surface area contributed by atoms with E-state index in [-0.39, 0.29) is 0 Å². The maximum absolute atomic E-state index is 4.85. The summed E-state index contributed by atoms with van der Waals surface area (Å²) in [6, 6.07) is 6.20. The number of nitrogens with zero attached hydrogens (tertiary/aromatic N) is 7. The van der Waals surface area contributed by atoms with Crippen molar-refractivity contribution in [3.05, 3.63) is 60.6 Å². The number of pyridine rings is 1. The molecule has 1 aliphatic heterocycles. The Morgan fingerprint density at radius 1 is 0.971 bits per heavy atom. The SMILES string of the molecule is Cc1ncc(-c2cc3cnc(Nc4ccc(N5CCNCC5)cn4)nn3c2C2=CCCC2)cn1. The van der Waals surface area contributed by atoms with Crippen molar-refractivity contribution in [3.63, 3.8) is 0 Å². The van der Waals surface area contributed by atoms with Gasteiger partial charge in [-0.15, -0.1) is 5.10 Å². The van der Waals surface area contributed by atoms with Crippen LogP contribution >= 0.6 is 0 Å². The number of nitrogens with one attached hydrogen (secondary N) is 2. The van der Waals surface area contributed by atoms with Gasteiger partial charge >= 0.3 is 0 Å². The summed E-state index contributed by atoms with van der Waals surface area (Å²) in [5.74, 6) is 1.99. The molecular weight excluding hydrogens is 426 g/mol. The first-order chi connectivity index (χ1) is 16.7. The van der Waals surface area contributed by atoms with E-state index in [9.17, 15) is 0 Å². The van der Waals surface area contributed by atoms with Crippen LogP contribution in [0.1, 0.15) is 30.8 Å². The van der Waals surface area contributed by atoms with Gasteiger partial charge in [-0.3, -0.25) is 0 Å². The van der Waals surface area contributed by atoms with Crippen LogP contribution in [-0.2, 0) is 0 Å². The van der Waals surface area contributed by atoms with E-state index in [0.29, 0.717) is 5.95 Å². The quantitative estimate of drug-likeness (QED) is 0.473. The Bertz CT molecular complexity index is 1330. The lowest BCUT2D eigenvalue weighted by Crippen LogP contribution is -2.43. The number of hydrogen-bond acceptors (Lipinski definition) is 8. The summed E-state index contributed by atoms with van der Waals surface area (Å²) in [4.78, 5) is 20.3. The largest absolute Gasteiger partial charge is 0.368 e. The van der Waals surface area contributed by atoms with Crippen LogP contribution in [0.3, 0.4) is 0 Å². The Balaban J connectivity index is 1.33. The standard InChI is InChI=1S/C25H27N9/c1-17-27-13-19(14-28-17)22-12-21-16-30-25(32-34(21)24(22)18-4-2-3-5-18)31-23-7-6-20(15-29-23)33-10-8-26-9-11-33/h4,6-7,12-16,26H,2-3,5,8-11H2,1H3,(H,29,31,32). The predicted molar refractivity (Wildman–Crippen MR) is 133 cm³/mol. The first-order valence-electron chi connectivity index (χ1n) is 11.8. The molecular formula is C25H27N9. The van der Waals surface area contributed by atoms with Crippen molar-refractivity contribution in [2.75, 3.05) is 36.4 Å². The molecule has 0 saturated carbocycles. The summed E-state index contributed by atoms with van der Waals surface area (Å²) in [7, 11) is 0. The van der Waals surface area contributed by atoms with E-state index in [1.54, 1.807) is 0 Å². The number of rotatable bonds is 5. The molecule has 1 aliphatic carbocycles. The van der Waals surface area contributed by atoms with E-state index in [1.165, 1.54) is 5.57 Å². The number of aromatic nitrogens is 6. The molecule has 0 amide bonds. The number of hydrogen-bond donors (Lipinski definition) is 2. The zero-order valence-electron chi connectivity index (χ0n) is 19.2. The second kappa shape index (κ2) is 8.83. The highest BCUT2D eigenvalue weighted by Crippen LogP contribution is 2.36. The molecule has 0 bridgehead atoms. The highest BCUT2D eigenvalue weighted by Gasteiger charge is 2.20. The first kappa shape index (κ1) is 20.7. The summed E-state index contributed by atoms with van der Waals surface area (Å²) in [5, 5.41) is 11.5. The van der Waals surface area contributed by atoms with E-state index in [2.05, 4.69) is 53.7 Å². The monoisotopic (exact) mass is 453 g/mol. The van der Waals surface area contributed by atoms with E-state index in [0.717, 1.165) is 85.1 Å². The maximum atomic E-state index is 4.85. The number of piperazine rings is 1. The second-order valence-electron chi connectivity index (χ2n) is 8.73. The van der Waals surface area contributed by atoms with Crippen molar-refractivity contribution < 1.29 is 0 Å². The van der Waals surface area contributed by atoms with Crippen LogP contribution in [0.5, 0.6) is 0 Å². The molecule has 0 spiro atoms.